The Bertz CT molecular complexity index is 1130. The van der Waals surface area contributed by atoms with Crippen LogP contribution in [0.15, 0.2) is 42.6 Å². The Kier molecular flexibility index (Phi) is 11.6. The Balaban J connectivity index is 1.79. The van der Waals surface area contributed by atoms with Crippen molar-refractivity contribution in [3.8, 4) is 17.2 Å². The van der Waals surface area contributed by atoms with Crippen LogP contribution in [0.1, 0.15) is 57.4 Å². The summed E-state index contributed by atoms with van der Waals surface area (Å²) in [4.78, 5) is 41.8. The Morgan fingerprint density at radius 3 is 2.58 bits per heavy atom. The third kappa shape index (κ3) is 8.84. The number of benzene rings is 1. The molecule has 0 aliphatic carbocycles. The molecule has 1 aliphatic heterocycles. The van der Waals surface area contributed by atoms with Gasteiger partial charge in [-0.2, -0.15) is 0 Å². The number of methoxy groups -OCH3 is 1. The maximum atomic E-state index is 13.3. The first-order valence-electron chi connectivity index (χ1n) is 13.3. The molecule has 11 heteroatoms. The van der Waals surface area contributed by atoms with E-state index in [0.29, 0.717) is 37.5 Å². The fourth-order valence-electron chi connectivity index (χ4n) is 4.18. The number of hydrogen-bond donors (Lipinski definition) is 1. The molecule has 218 valence electrons. The Morgan fingerprint density at radius 1 is 1.15 bits per heavy atom. The van der Waals surface area contributed by atoms with Gasteiger partial charge in [0, 0.05) is 25.8 Å². The van der Waals surface area contributed by atoms with Crippen molar-refractivity contribution >= 4 is 17.8 Å². The molecule has 40 heavy (non-hydrogen) atoms. The second-order valence-corrected chi connectivity index (χ2v) is 9.85. The highest BCUT2D eigenvalue weighted by Gasteiger charge is 2.37. The largest absolute Gasteiger partial charge is 0.493 e. The number of rotatable bonds is 11. The normalized spacial score (nSPS) is 21.3. The molecule has 1 aliphatic rings. The Labute approximate surface area is 234 Å². The molecule has 3 rings (SSSR count). The number of nitrogens with one attached hydrogen (secondary N) is 1. The van der Waals surface area contributed by atoms with Gasteiger partial charge in [0.1, 0.15) is 17.9 Å². The molecule has 2 aromatic rings. The van der Waals surface area contributed by atoms with Crippen LogP contribution in [-0.4, -0.2) is 67.7 Å². The first kappa shape index (κ1) is 30.7. The van der Waals surface area contributed by atoms with Gasteiger partial charge in [-0.05, 0) is 44.2 Å². The van der Waals surface area contributed by atoms with Gasteiger partial charge < -0.3 is 33.7 Å². The van der Waals surface area contributed by atoms with Crippen molar-refractivity contribution in [2.75, 3.05) is 20.5 Å². The summed E-state index contributed by atoms with van der Waals surface area (Å²) >= 11 is 0. The van der Waals surface area contributed by atoms with E-state index in [-0.39, 0.29) is 23.3 Å². The van der Waals surface area contributed by atoms with Gasteiger partial charge in [-0.25, -0.2) is 9.78 Å². The van der Waals surface area contributed by atoms with E-state index in [2.05, 4.69) is 24.1 Å². The van der Waals surface area contributed by atoms with Gasteiger partial charge in [-0.1, -0.05) is 32.0 Å². The molecule has 1 saturated heterocycles. The van der Waals surface area contributed by atoms with Crippen LogP contribution >= 0.6 is 0 Å². The molecule has 0 spiro atoms. The minimum Gasteiger partial charge on any atom is -0.493 e. The highest BCUT2D eigenvalue weighted by atomic mass is 16.7. The first-order chi connectivity index (χ1) is 19.2. The molecule has 0 radical (unpaired) electrons. The summed E-state index contributed by atoms with van der Waals surface area (Å²) in [5, 5.41) is 2.72. The number of carbonyl (C=O) groups excluding carboxylic acids is 3. The number of cyclic esters (lactones) is 1. The summed E-state index contributed by atoms with van der Waals surface area (Å²) in [5.41, 5.74) is -0.129. The van der Waals surface area contributed by atoms with Crippen LogP contribution in [0.25, 0.3) is 0 Å². The molecule has 1 N–H and O–H groups in total. The lowest BCUT2D eigenvalue weighted by Gasteiger charge is -2.32. The van der Waals surface area contributed by atoms with Crippen LogP contribution in [0.2, 0.25) is 0 Å². The maximum Gasteiger partial charge on any atom is 0.329 e. The molecule has 0 bridgehead atoms. The standard InChI is InChI=1S/C29H38N2O9/c1-18(2)16-36-24-13-9-12-22(29(34)39-19(3)26(24)40-21-10-7-6-8-11-21)31-28(33)25-27(38-17-37-20(4)32)23(35-5)14-15-30-25/h6-8,10-11,14-15,18-19,22,24,26H,9,12-13,16-17H2,1-5H3,(H,31,33). The number of nitrogens with zero attached hydrogens (tertiary/aromatic N) is 1. The molecule has 1 amide bonds. The minimum atomic E-state index is -0.953. The molecule has 0 saturated carbocycles. The second-order valence-electron chi connectivity index (χ2n) is 9.85. The van der Waals surface area contributed by atoms with E-state index in [1.54, 1.807) is 6.92 Å². The third-order valence-electron chi connectivity index (χ3n) is 6.13. The van der Waals surface area contributed by atoms with Crippen molar-refractivity contribution in [2.24, 2.45) is 5.92 Å². The quantitative estimate of drug-likeness (QED) is 0.322. The molecule has 1 fully saturated rings. The lowest BCUT2D eigenvalue weighted by atomic mass is 10.0. The Morgan fingerprint density at radius 2 is 1.90 bits per heavy atom. The number of para-hydroxylation sites is 1. The summed E-state index contributed by atoms with van der Waals surface area (Å²) in [7, 11) is 1.40. The zero-order valence-electron chi connectivity index (χ0n) is 23.6. The van der Waals surface area contributed by atoms with Gasteiger partial charge in [0.15, 0.2) is 23.3 Å². The van der Waals surface area contributed by atoms with Crippen LogP contribution in [0.4, 0.5) is 0 Å². The number of pyridine rings is 1. The van der Waals surface area contributed by atoms with E-state index in [9.17, 15) is 14.4 Å². The van der Waals surface area contributed by atoms with Crippen LogP contribution in [-0.2, 0) is 23.8 Å². The summed E-state index contributed by atoms with van der Waals surface area (Å²) in [6, 6.07) is 9.85. The van der Waals surface area contributed by atoms with Gasteiger partial charge >= 0.3 is 11.9 Å². The number of amides is 1. The molecule has 4 unspecified atom stereocenters. The van der Waals surface area contributed by atoms with E-state index < -0.39 is 42.9 Å². The van der Waals surface area contributed by atoms with Gasteiger partial charge in [0.25, 0.3) is 5.91 Å². The van der Waals surface area contributed by atoms with Gasteiger partial charge in [-0.15, -0.1) is 0 Å². The zero-order chi connectivity index (χ0) is 29.1. The minimum absolute atomic E-state index is 0.0213. The number of hydrogen-bond acceptors (Lipinski definition) is 10. The highest BCUT2D eigenvalue weighted by molar-refractivity contribution is 5.98. The van der Waals surface area contributed by atoms with Gasteiger partial charge in [-0.3, -0.25) is 9.59 Å². The summed E-state index contributed by atoms with van der Waals surface area (Å²) in [5.74, 6) is -0.685. The van der Waals surface area contributed by atoms with E-state index in [4.69, 9.17) is 28.4 Å². The molecular weight excluding hydrogens is 520 g/mol. The van der Waals surface area contributed by atoms with E-state index in [1.165, 1.54) is 26.3 Å². The maximum absolute atomic E-state index is 13.3. The molecule has 1 aromatic carbocycles. The van der Waals surface area contributed by atoms with Crippen LogP contribution in [0.5, 0.6) is 17.2 Å². The molecule has 2 heterocycles. The predicted octanol–water partition coefficient (Wildman–Crippen LogP) is 3.69. The van der Waals surface area contributed by atoms with Crippen LogP contribution < -0.4 is 19.5 Å². The van der Waals surface area contributed by atoms with Crippen molar-refractivity contribution in [2.45, 2.75) is 71.3 Å². The van der Waals surface area contributed by atoms with Gasteiger partial charge in [0.2, 0.25) is 6.79 Å². The summed E-state index contributed by atoms with van der Waals surface area (Å²) < 4.78 is 33.9. The van der Waals surface area contributed by atoms with Gasteiger partial charge in [0.05, 0.1) is 13.2 Å². The fourth-order valence-corrected chi connectivity index (χ4v) is 4.18. The van der Waals surface area contributed by atoms with E-state index in [1.807, 2.05) is 30.3 Å². The van der Waals surface area contributed by atoms with E-state index >= 15 is 0 Å². The zero-order valence-corrected chi connectivity index (χ0v) is 23.6. The first-order valence-corrected chi connectivity index (χ1v) is 13.3. The molecule has 1 aromatic heterocycles. The smallest absolute Gasteiger partial charge is 0.329 e. The van der Waals surface area contributed by atoms with Crippen molar-refractivity contribution in [1.29, 1.82) is 0 Å². The van der Waals surface area contributed by atoms with Crippen molar-refractivity contribution < 1.29 is 42.8 Å². The topological polar surface area (TPSA) is 132 Å². The highest BCUT2D eigenvalue weighted by Crippen LogP contribution is 2.30. The third-order valence-corrected chi connectivity index (χ3v) is 6.13. The monoisotopic (exact) mass is 558 g/mol. The number of ether oxygens (including phenoxy) is 6. The average molecular weight is 559 g/mol. The predicted molar refractivity (Wildman–Crippen MR) is 144 cm³/mol. The van der Waals surface area contributed by atoms with Crippen molar-refractivity contribution in [3.05, 3.63) is 48.3 Å². The number of carbonyl (C=O) groups is 3. The number of esters is 2. The van der Waals surface area contributed by atoms with Crippen LogP contribution in [0.3, 0.4) is 0 Å². The Hall–Kier alpha value is -3.86. The SMILES string of the molecule is COc1ccnc(C(=O)NC2CCCC(OCC(C)C)C(Oc3ccccc3)C(C)OC2=O)c1OCOC(C)=O. The van der Waals surface area contributed by atoms with Crippen molar-refractivity contribution in [1.82, 2.24) is 10.3 Å². The van der Waals surface area contributed by atoms with Crippen LogP contribution in [0, 0.1) is 5.92 Å². The van der Waals surface area contributed by atoms with Crippen molar-refractivity contribution in [3.63, 3.8) is 0 Å². The fraction of sp³-hybridized carbons (Fsp3) is 0.517. The lowest BCUT2D eigenvalue weighted by molar-refractivity contribution is -0.159. The molecule has 11 nitrogen and oxygen atoms in total. The average Bonchev–Trinajstić information content (AvgIpc) is 2.97. The summed E-state index contributed by atoms with van der Waals surface area (Å²) in [6.45, 7) is 7.20. The summed E-state index contributed by atoms with van der Waals surface area (Å²) in [6.07, 6.45) is 1.28. The van der Waals surface area contributed by atoms with E-state index in [0.717, 1.165) is 0 Å². The molecule has 4 atom stereocenters. The lowest BCUT2D eigenvalue weighted by Crippen LogP contribution is -2.47. The number of aromatic nitrogens is 1. The second kappa shape index (κ2) is 15.1. The molecular formula is C29H38N2O9.